The van der Waals surface area contributed by atoms with Crippen LogP contribution in [0.1, 0.15) is 25.7 Å². The van der Waals surface area contributed by atoms with Gasteiger partial charge < -0.3 is 10.1 Å². The van der Waals surface area contributed by atoms with E-state index >= 15 is 0 Å². The van der Waals surface area contributed by atoms with Gasteiger partial charge in [-0.05, 0) is 25.2 Å². The molecule has 2 saturated heterocycles. The largest absolute Gasteiger partial charge is 0.381 e. The molecule has 2 fully saturated rings. The third kappa shape index (κ3) is 2.72. The monoisotopic (exact) mass is 226 g/mol. The lowest BCUT2D eigenvalue weighted by Gasteiger charge is -2.28. The van der Waals surface area contributed by atoms with Gasteiger partial charge in [-0.1, -0.05) is 0 Å². The fourth-order valence-corrected chi connectivity index (χ4v) is 2.19. The minimum absolute atomic E-state index is 0.0455. The summed E-state index contributed by atoms with van der Waals surface area (Å²) >= 11 is 0. The van der Waals surface area contributed by atoms with E-state index in [1.54, 1.807) is 0 Å². The molecule has 0 radical (unpaired) electrons. The van der Waals surface area contributed by atoms with Crippen LogP contribution in [0.25, 0.3) is 0 Å². The quantitative estimate of drug-likeness (QED) is 0.772. The Bertz CT molecular complexity index is 258. The van der Waals surface area contributed by atoms with Crippen LogP contribution in [-0.2, 0) is 9.53 Å². The third-order valence-corrected chi connectivity index (χ3v) is 3.26. The molecule has 2 rings (SSSR count). The normalized spacial score (nSPS) is 23.4. The average molecular weight is 226 g/mol. The maximum atomic E-state index is 11.5. The van der Waals surface area contributed by atoms with E-state index in [-0.39, 0.29) is 11.9 Å². The molecule has 0 aromatic heterocycles. The predicted molar refractivity (Wildman–Crippen MR) is 57.9 cm³/mol. The standard InChI is InChI=1S/C11H18N2O3/c14-10-1-5-12-11(15)13(10)6-2-9-3-7-16-8-4-9/h9H,1-8H2,(H,12,15). The number of amides is 3. The van der Waals surface area contributed by atoms with Crippen LogP contribution in [-0.4, -0.2) is 43.1 Å². The summed E-state index contributed by atoms with van der Waals surface area (Å²) in [5.74, 6) is 0.548. The third-order valence-electron chi connectivity index (χ3n) is 3.26. The van der Waals surface area contributed by atoms with Gasteiger partial charge >= 0.3 is 6.03 Å². The van der Waals surface area contributed by atoms with Crippen molar-refractivity contribution in [2.75, 3.05) is 26.3 Å². The van der Waals surface area contributed by atoms with Crippen LogP contribution in [0, 0.1) is 5.92 Å². The van der Waals surface area contributed by atoms with Gasteiger partial charge in [0.05, 0.1) is 0 Å². The van der Waals surface area contributed by atoms with Gasteiger partial charge in [-0.15, -0.1) is 0 Å². The number of urea groups is 1. The Labute approximate surface area is 95.1 Å². The van der Waals surface area contributed by atoms with Gasteiger partial charge in [0.1, 0.15) is 0 Å². The first-order chi connectivity index (χ1) is 7.77. The van der Waals surface area contributed by atoms with Gasteiger partial charge in [0.25, 0.3) is 0 Å². The van der Waals surface area contributed by atoms with Crippen LogP contribution in [0.4, 0.5) is 4.79 Å². The molecule has 3 amide bonds. The van der Waals surface area contributed by atoms with E-state index < -0.39 is 0 Å². The van der Waals surface area contributed by atoms with Crippen molar-refractivity contribution in [1.29, 1.82) is 0 Å². The summed E-state index contributed by atoms with van der Waals surface area (Å²) in [6, 6.07) is -0.233. The molecular weight excluding hydrogens is 208 g/mol. The molecule has 0 saturated carbocycles. The first-order valence-corrected chi connectivity index (χ1v) is 5.93. The van der Waals surface area contributed by atoms with Gasteiger partial charge in [0.15, 0.2) is 0 Å². The van der Waals surface area contributed by atoms with Gasteiger partial charge in [-0.3, -0.25) is 9.69 Å². The second kappa shape index (κ2) is 5.30. The highest BCUT2D eigenvalue weighted by atomic mass is 16.5. The lowest BCUT2D eigenvalue weighted by molar-refractivity contribution is -0.129. The van der Waals surface area contributed by atoms with Crippen molar-refractivity contribution in [3.05, 3.63) is 0 Å². The fraction of sp³-hybridized carbons (Fsp3) is 0.818. The zero-order valence-corrected chi connectivity index (χ0v) is 9.41. The lowest BCUT2D eigenvalue weighted by Crippen LogP contribution is -2.50. The van der Waals surface area contributed by atoms with E-state index in [9.17, 15) is 9.59 Å². The topological polar surface area (TPSA) is 58.6 Å². The Morgan fingerprint density at radius 3 is 2.75 bits per heavy atom. The summed E-state index contributed by atoms with van der Waals surface area (Å²) in [4.78, 5) is 24.3. The predicted octanol–water partition coefficient (Wildman–Crippen LogP) is 0.745. The van der Waals surface area contributed by atoms with Crippen molar-refractivity contribution < 1.29 is 14.3 Å². The number of carbonyl (C=O) groups is 2. The summed E-state index contributed by atoms with van der Waals surface area (Å²) in [6.45, 7) is 2.65. The zero-order chi connectivity index (χ0) is 11.4. The molecular formula is C11H18N2O3. The van der Waals surface area contributed by atoms with Crippen LogP contribution in [0.5, 0.6) is 0 Å². The molecule has 5 nitrogen and oxygen atoms in total. The molecule has 2 aliphatic heterocycles. The molecule has 0 aromatic carbocycles. The number of imide groups is 1. The zero-order valence-electron chi connectivity index (χ0n) is 9.41. The van der Waals surface area contributed by atoms with Crippen molar-refractivity contribution in [1.82, 2.24) is 10.2 Å². The molecule has 2 heterocycles. The maximum Gasteiger partial charge on any atom is 0.324 e. The second-order valence-electron chi connectivity index (χ2n) is 4.37. The molecule has 16 heavy (non-hydrogen) atoms. The van der Waals surface area contributed by atoms with Crippen LogP contribution >= 0.6 is 0 Å². The Balaban J connectivity index is 1.78. The molecule has 1 N–H and O–H groups in total. The second-order valence-corrected chi connectivity index (χ2v) is 4.37. The molecule has 0 bridgehead atoms. The van der Waals surface area contributed by atoms with E-state index in [1.807, 2.05) is 0 Å². The lowest BCUT2D eigenvalue weighted by atomic mass is 9.96. The number of rotatable bonds is 3. The first kappa shape index (κ1) is 11.4. The Morgan fingerprint density at radius 2 is 2.06 bits per heavy atom. The van der Waals surface area contributed by atoms with Crippen LogP contribution in [0.2, 0.25) is 0 Å². The number of hydrogen-bond donors (Lipinski definition) is 1. The van der Waals surface area contributed by atoms with E-state index in [2.05, 4.69) is 5.32 Å². The number of nitrogens with zero attached hydrogens (tertiary/aromatic N) is 1. The van der Waals surface area contributed by atoms with Gasteiger partial charge in [0.2, 0.25) is 5.91 Å². The van der Waals surface area contributed by atoms with Crippen molar-refractivity contribution in [3.8, 4) is 0 Å². The van der Waals surface area contributed by atoms with E-state index in [0.717, 1.165) is 32.5 Å². The molecule has 0 aromatic rings. The fourth-order valence-electron chi connectivity index (χ4n) is 2.19. The summed E-state index contributed by atoms with van der Waals surface area (Å²) in [5.41, 5.74) is 0. The Hall–Kier alpha value is -1.10. The number of hydrogen-bond acceptors (Lipinski definition) is 3. The van der Waals surface area contributed by atoms with Gasteiger partial charge in [-0.2, -0.15) is 0 Å². The van der Waals surface area contributed by atoms with E-state index in [0.29, 0.717) is 25.4 Å². The number of nitrogens with one attached hydrogen (secondary N) is 1. The molecule has 0 atom stereocenters. The molecule has 5 heteroatoms. The average Bonchev–Trinajstić information content (AvgIpc) is 2.30. The molecule has 0 unspecified atom stereocenters. The minimum Gasteiger partial charge on any atom is -0.381 e. The number of carbonyl (C=O) groups excluding carboxylic acids is 2. The van der Waals surface area contributed by atoms with Crippen molar-refractivity contribution in [2.24, 2.45) is 5.92 Å². The molecule has 2 aliphatic rings. The van der Waals surface area contributed by atoms with Crippen LogP contribution in [0.15, 0.2) is 0 Å². The summed E-state index contributed by atoms with van der Waals surface area (Å²) in [5, 5.41) is 2.69. The Morgan fingerprint density at radius 1 is 1.31 bits per heavy atom. The smallest absolute Gasteiger partial charge is 0.324 e. The SMILES string of the molecule is O=C1CCNC(=O)N1CCC1CCOCC1. The summed E-state index contributed by atoms with van der Waals surface area (Å²) in [6.07, 6.45) is 3.43. The number of ether oxygens (including phenoxy) is 1. The Kier molecular flexibility index (Phi) is 3.77. The summed E-state index contributed by atoms with van der Waals surface area (Å²) < 4.78 is 5.27. The van der Waals surface area contributed by atoms with Gasteiger partial charge in [0, 0.05) is 32.7 Å². The van der Waals surface area contributed by atoms with Crippen molar-refractivity contribution in [3.63, 3.8) is 0 Å². The van der Waals surface area contributed by atoms with Crippen molar-refractivity contribution in [2.45, 2.75) is 25.7 Å². The van der Waals surface area contributed by atoms with Crippen LogP contribution in [0.3, 0.4) is 0 Å². The first-order valence-electron chi connectivity index (χ1n) is 5.93. The minimum atomic E-state index is -0.233. The van der Waals surface area contributed by atoms with Gasteiger partial charge in [-0.25, -0.2) is 4.79 Å². The highest BCUT2D eigenvalue weighted by molar-refractivity contribution is 5.96. The highest BCUT2D eigenvalue weighted by Gasteiger charge is 2.26. The maximum absolute atomic E-state index is 11.5. The van der Waals surface area contributed by atoms with Crippen molar-refractivity contribution >= 4 is 11.9 Å². The molecule has 0 spiro atoms. The molecule has 90 valence electrons. The highest BCUT2D eigenvalue weighted by Crippen LogP contribution is 2.19. The van der Waals surface area contributed by atoms with E-state index in [1.165, 1.54) is 4.90 Å². The van der Waals surface area contributed by atoms with E-state index in [4.69, 9.17) is 4.74 Å². The summed E-state index contributed by atoms with van der Waals surface area (Å²) in [7, 11) is 0. The van der Waals surface area contributed by atoms with Crippen LogP contribution < -0.4 is 5.32 Å². The molecule has 0 aliphatic carbocycles.